The summed E-state index contributed by atoms with van der Waals surface area (Å²) >= 11 is 9.35. The van der Waals surface area contributed by atoms with Crippen LogP contribution >= 0.6 is 27.5 Å². The summed E-state index contributed by atoms with van der Waals surface area (Å²) in [5, 5.41) is 0.691. The summed E-state index contributed by atoms with van der Waals surface area (Å²) in [6, 6.07) is 5.18. The summed E-state index contributed by atoms with van der Waals surface area (Å²) < 4.78 is 2.14. The highest BCUT2D eigenvalue weighted by molar-refractivity contribution is 9.10. The fourth-order valence-corrected chi connectivity index (χ4v) is 2.31. The molecule has 1 aromatic carbocycles. The van der Waals surface area contributed by atoms with Gasteiger partial charge in [0.25, 0.3) is 5.56 Å². The lowest BCUT2D eigenvalue weighted by molar-refractivity contribution is 0.571. The van der Waals surface area contributed by atoms with Gasteiger partial charge in [-0.25, -0.2) is 4.98 Å². The van der Waals surface area contributed by atoms with Crippen molar-refractivity contribution in [3.05, 3.63) is 38.3 Å². The molecule has 1 heterocycles. The van der Waals surface area contributed by atoms with Crippen molar-refractivity contribution >= 4 is 38.4 Å². The van der Waals surface area contributed by atoms with E-state index in [2.05, 4.69) is 20.9 Å². The number of benzene rings is 1. The molecule has 6 heteroatoms. The van der Waals surface area contributed by atoms with E-state index in [4.69, 9.17) is 17.3 Å². The van der Waals surface area contributed by atoms with Crippen LogP contribution in [-0.4, -0.2) is 15.6 Å². The molecule has 0 aliphatic heterocycles. The van der Waals surface area contributed by atoms with Gasteiger partial charge in [0.15, 0.2) is 0 Å². The zero-order valence-corrected chi connectivity index (χ0v) is 11.5. The Labute approximate surface area is 112 Å². The van der Waals surface area contributed by atoms with Crippen molar-refractivity contribution < 1.29 is 0 Å². The van der Waals surface area contributed by atoms with E-state index in [9.17, 15) is 4.79 Å². The maximum absolute atomic E-state index is 12.2. The number of hydrogen-bond donors (Lipinski definition) is 1. The maximum Gasteiger partial charge on any atom is 0.262 e. The van der Waals surface area contributed by atoms with Crippen LogP contribution in [0.15, 0.2) is 27.5 Å². The van der Waals surface area contributed by atoms with E-state index in [0.29, 0.717) is 17.4 Å². The van der Waals surface area contributed by atoms with E-state index in [1.165, 1.54) is 4.57 Å². The lowest BCUT2D eigenvalue weighted by Crippen LogP contribution is -2.31. The van der Waals surface area contributed by atoms with Crippen LogP contribution in [0.5, 0.6) is 0 Å². The van der Waals surface area contributed by atoms with Gasteiger partial charge in [0.2, 0.25) is 5.28 Å². The van der Waals surface area contributed by atoms with E-state index in [0.717, 1.165) is 4.47 Å². The number of halogens is 2. The number of nitrogens with two attached hydrogens (primary N) is 1. The Kier molecular flexibility index (Phi) is 3.51. The summed E-state index contributed by atoms with van der Waals surface area (Å²) in [5.74, 6) is 0. The molecule has 2 aromatic rings. The Morgan fingerprint density at radius 3 is 2.94 bits per heavy atom. The SMILES string of the molecule is CC(N)Cn1c(Cl)nc2c(Br)cccc2c1=O. The molecule has 0 amide bonds. The highest BCUT2D eigenvalue weighted by atomic mass is 79.9. The van der Waals surface area contributed by atoms with Crippen LogP contribution in [0.25, 0.3) is 10.9 Å². The van der Waals surface area contributed by atoms with E-state index in [-0.39, 0.29) is 16.9 Å². The number of nitrogens with zero attached hydrogens (tertiary/aromatic N) is 2. The van der Waals surface area contributed by atoms with Crippen molar-refractivity contribution in [2.45, 2.75) is 19.5 Å². The van der Waals surface area contributed by atoms with Crippen LogP contribution in [-0.2, 0) is 6.54 Å². The first-order valence-electron chi connectivity index (χ1n) is 5.11. The minimum atomic E-state index is -0.168. The molecule has 0 bridgehead atoms. The van der Waals surface area contributed by atoms with Crippen LogP contribution in [0.3, 0.4) is 0 Å². The topological polar surface area (TPSA) is 60.9 Å². The fraction of sp³-hybridized carbons (Fsp3) is 0.273. The number of rotatable bonds is 2. The molecule has 0 aliphatic rings. The van der Waals surface area contributed by atoms with Crippen LogP contribution < -0.4 is 11.3 Å². The number of aromatic nitrogens is 2. The normalized spacial score (nSPS) is 12.9. The predicted molar refractivity (Wildman–Crippen MR) is 72.4 cm³/mol. The first kappa shape index (κ1) is 12.5. The molecular formula is C11H11BrClN3O. The minimum absolute atomic E-state index is 0.156. The molecule has 0 aliphatic carbocycles. The Bertz CT molecular complexity index is 624. The summed E-state index contributed by atoms with van der Waals surface area (Å²) in [6.45, 7) is 2.17. The molecule has 17 heavy (non-hydrogen) atoms. The molecular weight excluding hydrogens is 305 g/mol. The highest BCUT2D eigenvalue weighted by Crippen LogP contribution is 2.21. The first-order chi connectivity index (χ1) is 8.00. The molecule has 2 rings (SSSR count). The molecule has 0 saturated carbocycles. The smallest absolute Gasteiger partial charge is 0.262 e. The molecule has 4 nitrogen and oxygen atoms in total. The minimum Gasteiger partial charge on any atom is -0.326 e. The van der Waals surface area contributed by atoms with Crippen LogP contribution in [0.1, 0.15) is 6.92 Å². The molecule has 90 valence electrons. The van der Waals surface area contributed by atoms with E-state index >= 15 is 0 Å². The standard InChI is InChI=1S/C11H11BrClN3O/c1-6(14)5-16-10(17)7-3-2-4-8(12)9(7)15-11(16)13/h2-4,6H,5,14H2,1H3. The van der Waals surface area contributed by atoms with Gasteiger partial charge in [-0.05, 0) is 46.6 Å². The van der Waals surface area contributed by atoms with E-state index < -0.39 is 0 Å². The predicted octanol–water partition coefficient (Wildman–Crippen LogP) is 2.16. The summed E-state index contributed by atoms with van der Waals surface area (Å²) in [5.41, 5.74) is 6.09. The van der Waals surface area contributed by atoms with Crippen molar-refractivity contribution in [3.8, 4) is 0 Å². The largest absolute Gasteiger partial charge is 0.326 e. The lowest BCUT2D eigenvalue weighted by atomic mass is 10.2. The quantitative estimate of drug-likeness (QED) is 0.864. The second kappa shape index (κ2) is 4.76. The molecule has 0 fully saturated rings. The zero-order chi connectivity index (χ0) is 12.6. The van der Waals surface area contributed by atoms with Gasteiger partial charge in [-0.1, -0.05) is 6.07 Å². The molecule has 0 saturated heterocycles. The van der Waals surface area contributed by atoms with Gasteiger partial charge < -0.3 is 5.73 Å². The van der Waals surface area contributed by atoms with E-state index in [1.54, 1.807) is 12.1 Å². The van der Waals surface area contributed by atoms with Crippen molar-refractivity contribution in [2.75, 3.05) is 0 Å². The van der Waals surface area contributed by atoms with Crippen molar-refractivity contribution in [1.29, 1.82) is 0 Å². The summed E-state index contributed by atoms with van der Waals surface area (Å²) in [7, 11) is 0. The van der Waals surface area contributed by atoms with Crippen LogP contribution in [0.4, 0.5) is 0 Å². The molecule has 1 unspecified atom stereocenters. The molecule has 2 N–H and O–H groups in total. The van der Waals surface area contributed by atoms with Crippen LogP contribution in [0.2, 0.25) is 5.28 Å². The third-order valence-corrected chi connectivity index (χ3v) is 3.29. The molecule has 0 radical (unpaired) electrons. The number of hydrogen-bond acceptors (Lipinski definition) is 3. The summed E-state index contributed by atoms with van der Waals surface area (Å²) in [4.78, 5) is 16.4. The average Bonchev–Trinajstić information content (AvgIpc) is 2.26. The Morgan fingerprint density at radius 1 is 1.59 bits per heavy atom. The maximum atomic E-state index is 12.2. The van der Waals surface area contributed by atoms with Gasteiger partial charge in [0, 0.05) is 17.1 Å². The monoisotopic (exact) mass is 315 g/mol. The third kappa shape index (κ3) is 2.36. The van der Waals surface area contributed by atoms with Gasteiger partial charge in [0.05, 0.1) is 10.9 Å². The molecule has 1 atom stereocenters. The third-order valence-electron chi connectivity index (χ3n) is 2.36. The first-order valence-corrected chi connectivity index (χ1v) is 6.28. The molecule has 1 aromatic heterocycles. The highest BCUT2D eigenvalue weighted by Gasteiger charge is 2.12. The Balaban J connectivity index is 2.77. The van der Waals surface area contributed by atoms with Crippen molar-refractivity contribution in [1.82, 2.24) is 9.55 Å². The molecule has 0 spiro atoms. The van der Waals surface area contributed by atoms with Gasteiger partial charge in [-0.2, -0.15) is 0 Å². The Morgan fingerprint density at radius 2 is 2.29 bits per heavy atom. The summed E-state index contributed by atoms with van der Waals surface area (Å²) in [6.07, 6.45) is 0. The average molecular weight is 317 g/mol. The van der Waals surface area contributed by atoms with Crippen molar-refractivity contribution in [2.24, 2.45) is 5.73 Å². The zero-order valence-electron chi connectivity index (χ0n) is 9.15. The van der Waals surface area contributed by atoms with Gasteiger partial charge in [-0.15, -0.1) is 0 Å². The van der Waals surface area contributed by atoms with Crippen molar-refractivity contribution in [3.63, 3.8) is 0 Å². The second-order valence-corrected chi connectivity index (χ2v) is 5.10. The lowest BCUT2D eigenvalue weighted by Gasteiger charge is -2.11. The van der Waals surface area contributed by atoms with Gasteiger partial charge in [-0.3, -0.25) is 9.36 Å². The van der Waals surface area contributed by atoms with Gasteiger partial charge in [0.1, 0.15) is 0 Å². The second-order valence-electron chi connectivity index (χ2n) is 3.91. The fourth-order valence-electron chi connectivity index (χ4n) is 1.63. The number of fused-ring (bicyclic) bond motifs is 1. The van der Waals surface area contributed by atoms with Crippen LogP contribution in [0, 0.1) is 0 Å². The number of para-hydroxylation sites is 1. The Hall–Kier alpha value is -0.910. The van der Waals surface area contributed by atoms with E-state index in [1.807, 2.05) is 13.0 Å². The van der Waals surface area contributed by atoms with Gasteiger partial charge >= 0.3 is 0 Å².